The third-order valence-electron chi connectivity index (χ3n) is 3.85. The van der Waals surface area contributed by atoms with Crippen LogP contribution in [0.2, 0.25) is 0 Å². The van der Waals surface area contributed by atoms with E-state index >= 15 is 0 Å². The number of carbonyl (C=O) groups is 1. The molecule has 1 aromatic carbocycles. The molecule has 0 spiro atoms. The molecule has 0 aliphatic heterocycles. The monoisotopic (exact) mass is 311 g/mol. The first-order valence-corrected chi connectivity index (χ1v) is 8.91. The maximum absolute atomic E-state index is 12.1. The molecule has 0 aromatic heterocycles. The lowest BCUT2D eigenvalue weighted by molar-refractivity contribution is -0.115. The van der Waals surface area contributed by atoms with Crippen molar-refractivity contribution in [2.24, 2.45) is 0 Å². The molecule has 2 N–H and O–H groups in total. The van der Waals surface area contributed by atoms with Crippen molar-refractivity contribution in [3.8, 4) is 5.75 Å². The van der Waals surface area contributed by atoms with Gasteiger partial charge in [0.05, 0.1) is 16.7 Å². The lowest BCUT2D eigenvalue weighted by atomic mass is 10.2. The second-order valence-electron chi connectivity index (χ2n) is 5.59. The van der Waals surface area contributed by atoms with Crippen molar-refractivity contribution in [1.82, 2.24) is 0 Å². The van der Waals surface area contributed by atoms with Gasteiger partial charge < -0.3 is 10.4 Å². The Morgan fingerprint density at radius 2 is 2.00 bits per heavy atom. The summed E-state index contributed by atoms with van der Waals surface area (Å²) in [5, 5.41) is 11.9. The first-order valence-electron chi connectivity index (χ1n) is 7.19. The van der Waals surface area contributed by atoms with Gasteiger partial charge >= 0.3 is 0 Å². The highest BCUT2D eigenvalue weighted by atomic mass is 32.2. The van der Waals surface area contributed by atoms with Crippen LogP contribution >= 0.6 is 0 Å². The van der Waals surface area contributed by atoms with E-state index in [4.69, 9.17) is 0 Å². The lowest BCUT2D eigenvalue weighted by Gasteiger charge is -2.11. The lowest BCUT2D eigenvalue weighted by Crippen LogP contribution is -2.24. The summed E-state index contributed by atoms with van der Waals surface area (Å²) in [6.07, 6.45) is 3.25. The van der Waals surface area contributed by atoms with E-state index in [1.807, 2.05) is 6.92 Å². The van der Waals surface area contributed by atoms with E-state index < -0.39 is 15.7 Å². The van der Waals surface area contributed by atoms with Crippen LogP contribution in [0.4, 0.5) is 5.69 Å². The van der Waals surface area contributed by atoms with Crippen molar-refractivity contribution in [3.63, 3.8) is 0 Å². The molecule has 1 aliphatic rings. The number of amides is 1. The summed E-state index contributed by atoms with van der Waals surface area (Å²) in [5.74, 6) is -0.541. The molecule has 1 saturated carbocycles. The third kappa shape index (κ3) is 4.20. The molecule has 0 unspecified atom stereocenters. The number of nitrogens with one attached hydrogen (secondary N) is 1. The number of benzene rings is 1. The van der Waals surface area contributed by atoms with Crippen molar-refractivity contribution in [2.75, 3.05) is 11.1 Å². The van der Waals surface area contributed by atoms with Crippen LogP contribution in [-0.2, 0) is 14.6 Å². The molecular formula is C15H21NO4S. The van der Waals surface area contributed by atoms with Crippen molar-refractivity contribution in [3.05, 3.63) is 23.8 Å². The number of phenols is 1. The molecule has 0 atom stereocenters. The van der Waals surface area contributed by atoms with Crippen LogP contribution in [0.25, 0.3) is 0 Å². The van der Waals surface area contributed by atoms with E-state index in [2.05, 4.69) is 5.32 Å². The zero-order chi connectivity index (χ0) is 15.5. The number of sulfone groups is 1. The molecule has 0 saturated heterocycles. The maximum Gasteiger partial charge on any atom is 0.225 e. The third-order valence-corrected chi connectivity index (χ3v) is 6.11. The Bertz CT molecular complexity index is 619. The summed E-state index contributed by atoms with van der Waals surface area (Å²) in [7, 11) is -3.19. The predicted molar refractivity (Wildman–Crippen MR) is 82.1 cm³/mol. The normalized spacial score (nSPS) is 16.0. The topological polar surface area (TPSA) is 83.5 Å². The summed E-state index contributed by atoms with van der Waals surface area (Å²) in [5.41, 5.74) is 1.22. The molecule has 116 valence electrons. The van der Waals surface area contributed by atoms with E-state index in [1.165, 1.54) is 6.07 Å². The zero-order valence-corrected chi connectivity index (χ0v) is 12.9. The molecule has 6 heteroatoms. The van der Waals surface area contributed by atoms with Gasteiger partial charge in [0.15, 0.2) is 9.84 Å². The van der Waals surface area contributed by atoms with Crippen molar-refractivity contribution >= 4 is 21.4 Å². The predicted octanol–water partition coefficient (Wildman–Crippen LogP) is 2.39. The molecule has 5 nitrogen and oxygen atoms in total. The Labute approximate surface area is 125 Å². The van der Waals surface area contributed by atoms with Crippen molar-refractivity contribution in [1.29, 1.82) is 0 Å². The Morgan fingerprint density at radius 3 is 2.67 bits per heavy atom. The van der Waals surface area contributed by atoms with E-state index in [0.717, 1.165) is 18.4 Å². The molecular weight excluding hydrogens is 290 g/mol. The Kier molecular flexibility index (Phi) is 4.88. The van der Waals surface area contributed by atoms with E-state index in [1.54, 1.807) is 12.1 Å². The van der Waals surface area contributed by atoms with Gasteiger partial charge in [-0.1, -0.05) is 18.9 Å². The average molecular weight is 311 g/mol. The van der Waals surface area contributed by atoms with Crippen LogP contribution in [-0.4, -0.2) is 30.4 Å². The first kappa shape index (κ1) is 15.8. The number of aromatic hydroxyl groups is 1. The number of anilines is 1. The molecule has 0 radical (unpaired) electrons. The molecule has 1 fully saturated rings. The van der Waals surface area contributed by atoms with E-state index in [0.29, 0.717) is 18.5 Å². The average Bonchev–Trinajstić information content (AvgIpc) is 2.96. The first-order chi connectivity index (χ1) is 9.88. The van der Waals surface area contributed by atoms with E-state index in [9.17, 15) is 18.3 Å². The van der Waals surface area contributed by atoms with Crippen LogP contribution < -0.4 is 5.32 Å². The smallest absolute Gasteiger partial charge is 0.225 e. The number of carbonyl (C=O) groups excluding carboxylic acids is 1. The van der Waals surface area contributed by atoms with Gasteiger partial charge in [0.25, 0.3) is 0 Å². The molecule has 0 heterocycles. The largest absolute Gasteiger partial charge is 0.506 e. The minimum atomic E-state index is -3.19. The fraction of sp³-hybridized carbons (Fsp3) is 0.533. The minimum absolute atomic E-state index is 0.0207. The standard InChI is InChI=1S/C15H21NO4S/c1-11-6-7-14(17)13(10-11)16-15(18)8-9-21(19,20)12-4-2-3-5-12/h6-7,10,12,17H,2-5,8-9H2,1H3,(H,16,18). The van der Waals surface area contributed by atoms with Gasteiger partial charge in [0.1, 0.15) is 5.75 Å². The quantitative estimate of drug-likeness (QED) is 0.818. The summed E-state index contributed by atoms with van der Waals surface area (Å²) in [6, 6.07) is 4.88. The SMILES string of the molecule is Cc1ccc(O)c(NC(=O)CCS(=O)(=O)C2CCCC2)c1. The Balaban J connectivity index is 1.91. The van der Waals surface area contributed by atoms with Crippen LogP contribution in [0.15, 0.2) is 18.2 Å². The minimum Gasteiger partial charge on any atom is -0.506 e. The summed E-state index contributed by atoms with van der Waals surface area (Å²) in [6.45, 7) is 1.85. The van der Waals surface area contributed by atoms with Crippen LogP contribution in [0.3, 0.4) is 0 Å². The number of phenolic OH excluding ortho intramolecular Hbond substituents is 1. The Hall–Kier alpha value is -1.56. The second-order valence-corrected chi connectivity index (χ2v) is 7.99. The summed E-state index contributed by atoms with van der Waals surface area (Å²) < 4.78 is 24.2. The van der Waals surface area contributed by atoms with Gasteiger partial charge in [-0.3, -0.25) is 4.79 Å². The molecule has 1 aliphatic carbocycles. The Morgan fingerprint density at radius 1 is 1.33 bits per heavy atom. The van der Waals surface area contributed by atoms with Crippen molar-refractivity contribution < 1.29 is 18.3 Å². The van der Waals surface area contributed by atoms with Gasteiger partial charge in [-0.2, -0.15) is 0 Å². The molecule has 0 bridgehead atoms. The molecule has 2 rings (SSSR count). The molecule has 1 aromatic rings. The highest BCUT2D eigenvalue weighted by Gasteiger charge is 2.28. The maximum atomic E-state index is 12.1. The van der Waals surface area contributed by atoms with E-state index in [-0.39, 0.29) is 23.2 Å². The zero-order valence-electron chi connectivity index (χ0n) is 12.1. The highest BCUT2D eigenvalue weighted by molar-refractivity contribution is 7.92. The molecule has 21 heavy (non-hydrogen) atoms. The fourth-order valence-corrected chi connectivity index (χ4v) is 4.47. The summed E-state index contributed by atoms with van der Waals surface area (Å²) in [4.78, 5) is 11.9. The van der Waals surface area contributed by atoms with Gasteiger partial charge in [0.2, 0.25) is 5.91 Å². The number of hydrogen-bond acceptors (Lipinski definition) is 4. The number of aryl methyl sites for hydroxylation is 1. The van der Waals surface area contributed by atoms with Crippen LogP contribution in [0.1, 0.15) is 37.7 Å². The van der Waals surface area contributed by atoms with Crippen molar-refractivity contribution in [2.45, 2.75) is 44.3 Å². The summed E-state index contributed by atoms with van der Waals surface area (Å²) >= 11 is 0. The number of hydrogen-bond donors (Lipinski definition) is 2. The highest BCUT2D eigenvalue weighted by Crippen LogP contribution is 2.26. The van der Waals surface area contributed by atoms with Gasteiger partial charge in [-0.25, -0.2) is 8.42 Å². The second kappa shape index (κ2) is 6.47. The van der Waals surface area contributed by atoms with Gasteiger partial charge in [0, 0.05) is 6.42 Å². The van der Waals surface area contributed by atoms with Crippen LogP contribution in [0.5, 0.6) is 5.75 Å². The van der Waals surface area contributed by atoms with Gasteiger partial charge in [-0.15, -0.1) is 0 Å². The van der Waals surface area contributed by atoms with Crippen LogP contribution in [0, 0.1) is 6.92 Å². The number of rotatable bonds is 5. The van der Waals surface area contributed by atoms with Gasteiger partial charge in [-0.05, 0) is 37.5 Å². The fourth-order valence-electron chi connectivity index (χ4n) is 2.61. The molecule has 1 amide bonds.